The molecule has 1 aliphatic heterocycles. The van der Waals surface area contributed by atoms with Crippen molar-refractivity contribution in [2.75, 3.05) is 44.6 Å². The summed E-state index contributed by atoms with van der Waals surface area (Å²) in [4.78, 5) is 27.2. The molecule has 0 spiro atoms. The first-order chi connectivity index (χ1) is 14.7. The maximum Gasteiger partial charge on any atom is 0.222 e. The lowest BCUT2D eigenvalue weighted by atomic mass is 10.2. The largest absolute Gasteiger partial charge is 0.368 e. The summed E-state index contributed by atoms with van der Waals surface area (Å²) in [5, 5.41) is 15.1. The van der Waals surface area contributed by atoms with Crippen LogP contribution in [0.1, 0.15) is 39.0 Å². The fourth-order valence-electron chi connectivity index (χ4n) is 3.53. The highest BCUT2D eigenvalue weighted by Crippen LogP contribution is 2.17. The highest BCUT2D eigenvalue weighted by molar-refractivity contribution is 14.0. The molecule has 1 fully saturated rings. The molecular weight excluding hydrogens is 509 g/mol. The second kappa shape index (κ2) is 13.3. The number of carbonyl (C=O) groups excluding carboxylic acids is 1. The Morgan fingerprint density at radius 2 is 2.06 bits per heavy atom. The SMILES string of the molecule is CCNC(=NCCCN1CCCCCC1=O)NCCNc1ncnc2c1cnn2C.I. The van der Waals surface area contributed by atoms with E-state index in [1.165, 1.54) is 0 Å². The molecule has 0 atom stereocenters. The number of carbonyl (C=O) groups is 1. The molecule has 0 bridgehead atoms. The van der Waals surface area contributed by atoms with E-state index in [4.69, 9.17) is 0 Å². The lowest BCUT2D eigenvalue weighted by Gasteiger charge is -2.20. The summed E-state index contributed by atoms with van der Waals surface area (Å²) in [6.45, 7) is 6.60. The summed E-state index contributed by atoms with van der Waals surface area (Å²) < 4.78 is 1.73. The fraction of sp³-hybridized carbons (Fsp3) is 0.650. The van der Waals surface area contributed by atoms with E-state index in [1.807, 2.05) is 18.9 Å². The number of hydrogen-bond donors (Lipinski definition) is 3. The average molecular weight is 543 g/mol. The number of hydrogen-bond acceptors (Lipinski definition) is 6. The van der Waals surface area contributed by atoms with Gasteiger partial charge in [-0.05, 0) is 26.2 Å². The summed E-state index contributed by atoms with van der Waals surface area (Å²) in [5.41, 5.74) is 0.804. The molecule has 0 unspecified atom stereocenters. The lowest BCUT2D eigenvalue weighted by molar-refractivity contribution is -0.130. The number of fused-ring (bicyclic) bond motifs is 1. The fourth-order valence-corrected chi connectivity index (χ4v) is 3.53. The molecule has 1 amide bonds. The number of guanidine groups is 1. The minimum atomic E-state index is 0. The first-order valence-electron chi connectivity index (χ1n) is 10.9. The number of halogens is 1. The zero-order valence-electron chi connectivity index (χ0n) is 18.4. The summed E-state index contributed by atoms with van der Waals surface area (Å²) in [6, 6.07) is 0. The van der Waals surface area contributed by atoms with Crippen LogP contribution < -0.4 is 16.0 Å². The number of aliphatic imine (C=N–C) groups is 1. The normalized spacial score (nSPS) is 14.8. The van der Waals surface area contributed by atoms with Crippen molar-refractivity contribution in [3.63, 3.8) is 0 Å². The van der Waals surface area contributed by atoms with Gasteiger partial charge in [-0.2, -0.15) is 5.10 Å². The molecule has 3 rings (SSSR count). The van der Waals surface area contributed by atoms with E-state index in [0.717, 1.165) is 68.1 Å². The minimum absolute atomic E-state index is 0. The van der Waals surface area contributed by atoms with Crippen molar-refractivity contribution in [3.05, 3.63) is 12.5 Å². The minimum Gasteiger partial charge on any atom is -0.368 e. The number of rotatable bonds is 9. The number of amides is 1. The van der Waals surface area contributed by atoms with Crippen LogP contribution in [-0.4, -0.2) is 75.8 Å². The Labute approximate surface area is 200 Å². The van der Waals surface area contributed by atoms with Crippen LogP contribution >= 0.6 is 24.0 Å². The molecule has 11 heteroatoms. The summed E-state index contributed by atoms with van der Waals surface area (Å²) in [7, 11) is 1.86. The Bertz CT molecular complexity index is 854. The van der Waals surface area contributed by atoms with Gasteiger partial charge in [0.1, 0.15) is 12.1 Å². The molecule has 3 heterocycles. The van der Waals surface area contributed by atoms with Gasteiger partial charge in [-0.25, -0.2) is 9.97 Å². The predicted molar refractivity (Wildman–Crippen MR) is 134 cm³/mol. The van der Waals surface area contributed by atoms with Crippen LogP contribution in [-0.2, 0) is 11.8 Å². The highest BCUT2D eigenvalue weighted by Gasteiger charge is 2.15. The predicted octanol–water partition coefficient (Wildman–Crippen LogP) is 1.74. The van der Waals surface area contributed by atoms with Crippen molar-refractivity contribution in [3.8, 4) is 0 Å². The Hall–Kier alpha value is -2.18. The third kappa shape index (κ3) is 7.47. The van der Waals surface area contributed by atoms with Gasteiger partial charge in [-0.3, -0.25) is 14.5 Å². The van der Waals surface area contributed by atoms with Crippen LogP contribution in [0.4, 0.5) is 5.82 Å². The molecule has 1 aliphatic rings. The summed E-state index contributed by atoms with van der Waals surface area (Å²) >= 11 is 0. The van der Waals surface area contributed by atoms with Gasteiger partial charge in [0.25, 0.3) is 0 Å². The zero-order chi connectivity index (χ0) is 21.2. The summed E-state index contributed by atoms with van der Waals surface area (Å²) in [6.07, 6.45) is 8.18. The molecule has 0 saturated carbocycles. The lowest BCUT2D eigenvalue weighted by Crippen LogP contribution is -2.39. The second-order valence-electron chi connectivity index (χ2n) is 7.39. The molecule has 0 aromatic carbocycles. The average Bonchev–Trinajstić information content (AvgIpc) is 3.01. The topological polar surface area (TPSA) is 112 Å². The number of nitrogens with one attached hydrogen (secondary N) is 3. The molecule has 1 saturated heterocycles. The standard InChI is InChI=1S/C20H33N9O.HI/c1-3-21-20(23-9-7-13-29-12-6-4-5-8-17(29)30)24-11-10-22-18-16-14-27-28(2)19(16)26-15-25-18;/h14-15H,3-13H2,1-2H3,(H2,21,23,24)(H,22,25,26);1H. The number of anilines is 1. The number of aromatic nitrogens is 4. The Morgan fingerprint density at radius 1 is 1.19 bits per heavy atom. The van der Waals surface area contributed by atoms with E-state index in [-0.39, 0.29) is 24.0 Å². The van der Waals surface area contributed by atoms with E-state index in [9.17, 15) is 4.79 Å². The van der Waals surface area contributed by atoms with E-state index < -0.39 is 0 Å². The maximum atomic E-state index is 12.1. The van der Waals surface area contributed by atoms with Crippen LogP contribution in [0.3, 0.4) is 0 Å². The number of likely N-dealkylation sites (tertiary alicyclic amines) is 1. The molecule has 0 radical (unpaired) electrons. The molecular formula is C20H34IN9O. The van der Waals surface area contributed by atoms with Crippen LogP contribution in [0.2, 0.25) is 0 Å². The molecule has 2 aromatic heterocycles. The Balaban J connectivity index is 0.00000341. The van der Waals surface area contributed by atoms with Crippen molar-refractivity contribution in [1.29, 1.82) is 0 Å². The first-order valence-corrected chi connectivity index (χ1v) is 10.9. The summed E-state index contributed by atoms with van der Waals surface area (Å²) in [5.74, 6) is 1.86. The van der Waals surface area contributed by atoms with Gasteiger partial charge in [0.2, 0.25) is 5.91 Å². The maximum absolute atomic E-state index is 12.1. The van der Waals surface area contributed by atoms with Crippen molar-refractivity contribution < 1.29 is 4.79 Å². The molecule has 31 heavy (non-hydrogen) atoms. The monoisotopic (exact) mass is 543 g/mol. The molecule has 172 valence electrons. The molecule has 3 N–H and O–H groups in total. The second-order valence-corrected chi connectivity index (χ2v) is 7.39. The van der Waals surface area contributed by atoms with E-state index in [0.29, 0.717) is 32.0 Å². The smallest absolute Gasteiger partial charge is 0.222 e. The number of nitrogens with zero attached hydrogens (tertiary/aromatic N) is 6. The van der Waals surface area contributed by atoms with Gasteiger partial charge >= 0.3 is 0 Å². The molecule has 10 nitrogen and oxygen atoms in total. The Morgan fingerprint density at radius 3 is 2.90 bits per heavy atom. The van der Waals surface area contributed by atoms with Gasteiger partial charge < -0.3 is 20.9 Å². The quantitative estimate of drug-likeness (QED) is 0.191. The van der Waals surface area contributed by atoms with E-state index in [1.54, 1.807) is 17.2 Å². The first kappa shape index (κ1) is 25.1. The Kier molecular flexibility index (Phi) is 10.7. The van der Waals surface area contributed by atoms with Crippen molar-refractivity contribution in [2.24, 2.45) is 12.0 Å². The van der Waals surface area contributed by atoms with Gasteiger partial charge in [0.05, 0.1) is 11.6 Å². The third-order valence-electron chi connectivity index (χ3n) is 5.11. The zero-order valence-corrected chi connectivity index (χ0v) is 20.8. The van der Waals surface area contributed by atoms with Crippen LogP contribution in [0.15, 0.2) is 17.5 Å². The highest BCUT2D eigenvalue weighted by atomic mass is 127. The van der Waals surface area contributed by atoms with Crippen molar-refractivity contribution in [1.82, 2.24) is 35.3 Å². The molecule has 2 aromatic rings. The third-order valence-corrected chi connectivity index (χ3v) is 5.11. The van der Waals surface area contributed by atoms with Crippen LogP contribution in [0, 0.1) is 0 Å². The van der Waals surface area contributed by atoms with E-state index >= 15 is 0 Å². The van der Waals surface area contributed by atoms with Gasteiger partial charge in [-0.15, -0.1) is 24.0 Å². The molecule has 0 aliphatic carbocycles. The van der Waals surface area contributed by atoms with Crippen molar-refractivity contribution in [2.45, 2.75) is 39.0 Å². The van der Waals surface area contributed by atoms with E-state index in [2.05, 4.69) is 36.0 Å². The van der Waals surface area contributed by atoms with Gasteiger partial charge in [0.15, 0.2) is 11.6 Å². The number of aryl methyl sites for hydroxylation is 1. The van der Waals surface area contributed by atoms with Crippen LogP contribution in [0.25, 0.3) is 11.0 Å². The van der Waals surface area contributed by atoms with Gasteiger partial charge in [0, 0.05) is 52.7 Å². The van der Waals surface area contributed by atoms with Gasteiger partial charge in [-0.1, -0.05) is 6.42 Å². The van der Waals surface area contributed by atoms with Crippen LogP contribution in [0.5, 0.6) is 0 Å². The van der Waals surface area contributed by atoms with Crippen molar-refractivity contribution >= 4 is 52.7 Å².